The highest BCUT2D eigenvalue weighted by atomic mass is 79.9. The van der Waals surface area contributed by atoms with Crippen LogP contribution in [0.25, 0.3) is 33.2 Å². The highest BCUT2D eigenvalue weighted by Gasteiger charge is 2.21. The Hall–Kier alpha value is -3.09. The van der Waals surface area contributed by atoms with Crippen LogP contribution in [0.4, 0.5) is 0 Å². The number of carbonyl (C=O) groups is 1. The van der Waals surface area contributed by atoms with Crippen molar-refractivity contribution in [2.75, 3.05) is 6.54 Å². The van der Waals surface area contributed by atoms with Gasteiger partial charge in [0, 0.05) is 50.2 Å². The molecule has 5 nitrogen and oxygen atoms in total. The van der Waals surface area contributed by atoms with Gasteiger partial charge in [0.1, 0.15) is 0 Å². The van der Waals surface area contributed by atoms with Gasteiger partial charge in [-0.25, -0.2) is 0 Å². The minimum atomic E-state index is -0.116. The number of aromatic nitrogens is 3. The lowest BCUT2D eigenvalue weighted by atomic mass is 10.1. The Morgan fingerprint density at radius 1 is 1.00 bits per heavy atom. The molecule has 3 aromatic heterocycles. The number of nitrogens with zero attached hydrogens (tertiary/aromatic N) is 1. The maximum atomic E-state index is 13.3. The van der Waals surface area contributed by atoms with Crippen molar-refractivity contribution in [2.45, 2.75) is 6.42 Å². The fourth-order valence-corrected chi connectivity index (χ4v) is 4.35. The summed E-state index contributed by atoms with van der Waals surface area (Å²) in [5.74, 6) is -0.116. The number of rotatable bonds is 5. The Bertz CT molecular complexity index is 1410. The maximum Gasteiger partial charge on any atom is 0.254 e. The van der Waals surface area contributed by atoms with Crippen LogP contribution in [-0.4, -0.2) is 27.4 Å². The normalized spacial score (nSPS) is 11.3. The Morgan fingerprint density at radius 3 is 2.68 bits per heavy atom. The summed E-state index contributed by atoms with van der Waals surface area (Å²) in [5, 5.41) is 5.60. The Balaban J connectivity index is 1.53. The molecular formula is C24H18BrClN4O. The summed E-state index contributed by atoms with van der Waals surface area (Å²) >= 11 is 9.67. The zero-order chi connectivity index (χ0) is 21.4. The van der Waals surface area contributed by atoms with Crippen LogP contribution in [-0.2, 0) is 6.42 Å². The molecule has 0 spiro atoms. The van der Waals surface area contributed by atoms with Gasteiger partial charge in [-0.15, -0.1) is 0 Å². The summed E-state index contributed by atoms with van der Waals surface area (Å²) in [6, 6.07) is 17.5. The number of H-pyrrole nitrogens is 2. The van der Waals surface area contributed by atoms with E-state index in [9.17, 15) is 4.79 Å². The predicted octanol–water partition coefficient (Wildman–Crippen LogP) is 6.10. The highest BCUT2D eigenvalue weighted by Crippen LogP contribution is 2.33. The number of amides is 1. The van der Waals surface area contributed by atoms with Gasteiger partial charge < -0.3 is 15.3 Å². The van der Waals surface area contributed by atoms with Gasteiger partial charge in [-0.05, 0) is 60.5 Å². The fourth-order valence-electron chi connectivity index (χ4n) is 3.80. The third-order valence-electron chi connectivity index (χ3n) is 5.29. The first-order valence-corrected chi connectivity index (χ1v) is 11.0. The second-order valence-electron chi connectivity index (χ2n) is 7.34. The molecule has 0 aliphatic carbocycles. The molecule has 7 heteroatoms. The molecule has 5 rings (SSSR count). The van der Waals surface area contributed by atoms with Crippen LogP contribution < -0.4 is 5.32 Å². The van der Waals surface area contributed by atoms with Gasteiger partial charge >= 0.3 is 0 Å². The van der Waals surface area contributed by atoms with Crippen LogP contribution in [0.3, 0.4) is 0 Å². The average molecular weight is 494 g/mol. The van der Waals surface area contributed by atoms with Gasteiger partial charge in [0.15, 0.2) is 0 Å². The zero-order valence-electron chi connectivity index (χ0n) is 16.4. The van der Waals surface area contributed by atoms with Crippen molar-refractivity contribution >= 4 is 55.2 Å². The summed E-state index contributed by atoms with van der Waals surface area (Å²) in [6.45, 7) is 0.536. The van der Waals surface area contributed by atoms with Crippen molar-refractivity contribution in [1.29, 1.82) is 0 Å². The van der Waals surface area contributed by atoms with E-state index < -0.39 is 0 Å². The molecule has 0 bridgehead atoms. The van der Waals surface area contributed by atoms with E-state index in [1.807, 2.05) is 54.6 Å². The SMILES string of the molecule is O=C(NCCc1ccncc1)c1c(-c2cc3cc(Cl)ccc3[nH]2)[nH]c2cc(Br)ccc12. The Kier molecular flexibility index (Phi) is 5.26. The third-order valence-corrected chi connectivity index (χ3v) is 6.02. The van der Waals surface area contributed by atoms with E-state index in [0.29, 0.717) is 17.1 Å². The number of benzene rings is 2. The molecule has 3 N–H and O–H groups in total. The number of fused-ring (bicyclic) bond motifs is 2. The van der Waals surface area contributed by atoms with Gasteiger partial charge in [-0.1, -0.05) is 33.6 Å². The first-order valence-electron chi connectivity index (χ1n) is 9.85. The third kappa shape index (κ3) is 3.96. The molecular weight excluding hydrogens is 476 g/mol. The van der Waals surface area contributed by atoms with Crippen molar-refractivity contribution in [3.05, 3.63) is 87.6 Å². The number of hydrogen-bond acceptors (Lipinski definition) is 2. The highest BCUT2D eigenvalue weighted by molar-refractivity contribution is 9.10. The maximum absolute atomic E-state index is 13.3. The van der Waals surface area contributed by atoms with Crippen LogP contribution in [0, 0.1) is 0 Å². The molecule has 0 radical (unpaired) electrons. The van der Waals surface area contributed by atoms with Crippen molar-refractivity contribution < 1.29 is 4.79 Å². The van der Waals surface area contributed by atoms with E-state index >= 15 is 0 Å². The summed E-state index contributed by atoms with van der Waals surface area (Å²) in [6.07, 6.45) is 4.26. The Morgan fingerprint density at radius 2 is 1.84 bits per heavy atom. The number of halogens is 2. The van der Waals surface area contributed by atoms with E-state index in [1.165, 1.54) is 0 Å². The minimum absolute atomic E-state index is 0.116. The summed E-state index contributed by atoms with van der Waals surface area (Å²) in [7, 11) is 0. The first kappa shape index (κ1) is 19.8. The molecule has 3 heterocycles. The van der Waals surface area contributed by atoms with Crippen molar-refractivity contribution in [2.24, 2.45) is 0 Å². The van der Waals surface area contributed by atoms with E-state index in [1.54, 1.807) is 12.4 Å². The zero-order valence-corrected chi connectivity index (χ0v) is 18.7. The predicted molar refractivity (Wildman–Crippen MR) is 129 cm³/mol. The molecule has 2 aromatic carbocycles. The molecule has 0 aliphatic heterocycles. The summed E-state index contributed by atoms with van der Waals surface area (Å²) in [4.78, 5) is 24.1. The van der Waals surface area contributed by atoms with E-state index in [2.05, 4.69) is 36.2 Å². The monoisotopic (exact) mass is 492 g/mol. The van der Waals surface area contributed by atoms with Crippen LogP contribution in [0.5, 0.6) is 0 Å². The van der Waals surface area contributed by atoms with Crippen molar-refractivity contribution in [3.63, 3.8) is 0 Å². The largest absolute Gasteiger partial charge is 0.353 e. The van der Waals surface area contributed by atoms with E-state index in [-0.39, 0.29) is 5.91 Å². The fraction of sp³-hybridized carbons (Fsp3) is 0.0833. The number of aromatic amines is 2. The molecule has 1 amide bonds. The van der Waals surface area contributed by atoms with Crippen molar-refractivity contribution in [3.8, 4) is 11.4 Å². The van der Waals surface area contributed by atoms with Gasteiger partial charge in [0.05, 0.1) is 17.0 Å². The molecule has 0 fully saturated rings. The standard InChI is InChI=1S/C24H18BrClN4O/c25-16-1-3-18-20(13-16)30-23(21-12-15-11-17(26)2-4-19(15)29-21)22(18)24(31)28-10-7-14-5-8-27-9-6-14/h1-6,8-9,11-13,29-30H,7,10H2,(H,28,31). The Labute approximate surface area is 192 Å². The van der Waals surface area contributed by atoms with Gasteiger partial charge in [0.2, 0.25) is 0 Å². The number of nitrogens with one attached hydrogen (secondary N) is 3. The van der Waals surface area contributed by atoms with E-state index in [0.717, 1.165) is 49.7 Å². The lowest BCUT2D eigenvalue weighted by Gasteiger charge is -2.07. The smallest absolute Gasteiger partial charge is 0.254 e. The van der Waals surface area contributed by atoms with Crippen LogP contribution >= 0.6 is 27.5 Å². The number of carbonyl (C=O) groups excluding carboxylic acids is 1. The number of pyridine rings is 1. The quantitative estimate of drug-likeness (QED) is 0.277. The molecule has 0 unspecified atom stereocenters. The average Bonchev–Trinajstić information content (AvgIpc) is 3.34. The minimum Gasteiger partial charge on any atom is -0.353 e. The van der Waals surface area contributed by atoms with E-state index in [4.69, 9.17) is 11.6 Å². The van der Waals surface area contributed by atoms with Crippen LogP contribution in [0.2, 0.25) is 5.02 Å². The molecule has 0 atom stereocenters. The van der Waals surface area contributed by atoms with Gasteiger partial charge in [-0.3, -0.25) is 9.78 Å². The lowest BCUT2D eigenvalue weighted by Crippen LogP contribution is -2.26. The summed E-state index contributed by atoms with van der Waals surface area (Å²) in [5.41, 5.74) is 5.19. The van der Waals surface area contributed by atoms with Gasteiger partial charge in [0.25, 0.3) is 5.91 Å². The topological polar surface area (TPSA) is 73.6 Å². The van der Waals surface area contributed by atoms with Crippen LogP contribution in [0.1, 0.15) is 15.9 Å². The molecule has 154 valence electrons. The van der Waals surface area contributed by atoms with Gasteiger partial charge in [-0.2, -0.15) is 0 Å². The molecule has 5 aromatic rings. The second-order valence-corrected chi connectivity index (χ2v) is 8.69. The number of hydrogen-bond donors (Lipinski definition) is 3. The van der Waals surface area contributed by atoms with Crippen LogP contribution in [0.15, 0.2) is 71.5 Å². The molecule has 0 saturated carbocycles. The molecule has 0 saturated heterocycles. The summed E-state index contributed by atoms with van der Waals surface area (Å²) < 4.78 is 0.945. The lowest BCUT2D eigenvalue weighted by molar-refractivity contribution is 0.0956. The molecule has 0 aliphatic rings. The molecule has 31 heavy (non-hydrogen) atoms. The second kappa shape index (κ2) is 8.21. The first-order chi connectivity index (χ1) is 15.1. The van der Waals surface area contributed by atoms with Crippen molar-refractivity contribution in [1.82, 2.24) is 20.3 Å².